The van der Waals surface area contributed by atoms with Crippen molar-refractivity contribution >= 4 is 11.8 Å². The maximum absolute atomic E-state index is 11.1. The summed E-state index contributed by atoms with van der Waals surface area (Å²) >= 11 is 0. The molecule has 14 heavy (non-hydrogen) atoms. The van der Waals surface area contributed by atoms with Gasteiger partial charge in [-0.15, -0.1) is 0 Å². The third-order valence-electron chi connectivity index (χ3n) is 1.80. The first-order chi connectivity index (χ1) is 6.63. The minimum Gasteiger partial charge on any atom is -0.465 e. The Balaban J connectivity index is 2.89. The highest BCUT2D eigenvalue weighted by molar-refractivity contribution is 5.89. The van der Waals surface area contributed by atoms with Crippen LogP contribution in [-0.4, -0.2) is 18.9 Å². The molecule has 0 atom stereocenters. The lowest BCUT2D eigenvalue weighted by Gasteiger charge is -2.01. The van der Waals surface area contributed by atoms with Crippen LogP contribution < -0.4 is 0 Å². The molecule has 0 fully saturated rings. The lowest BCUT2D eigenvalue weighted by atomic mass is 10.1. The van der Waals surface area contributed by atoms with Crippen LogP contribution in [0.4, 0.5) is 0 Å². The monoisotopic (exact) mass is 192 g/mol. The van der Waals surface area contributed by atoms with Gasteiger partial charge in [-0.3, -0.25) is 4.79 Å². The number of methoxy groups -OCH3 is 1. The van der Waals surface area contributed by atoms with Crippen LogP contribution in [0.25, 0.3) is 0 Å². The van der Waals surface area contributed by atoms with Crippen molar-refractivity contribution in [3.63, 3.8) is 0 Å². The van der Waals surface area contributed by atoms with Gasteiger partial charge in [0.25, 0.3) is 0 Å². The fourth-order valence-corrected chi connectivity index (χ4v) is 1.21. The topological polar surface area (TPSA) is 43.4 Å². The van der Waals surface area contributed by atoms with Crippen LogP contribution in [0.5, 0.6) is 0 Å². The summed E-state index contributed by atoms with van der Waals surface area (Å²) in [5, 5.41) is 0. The summed E-state index contributed by atoms with van der Waals surface area (Å²) in [6, 6.07) is 6.89. The second kappa shape index (κ2) is 4.56. The molecule has 1 aromatic carbocycles. The second-order valence-corrected chi connectivity index (χ2v) is 3.07. The first-order valence-corrected chi connectivity index (χ1v) is 4.30. The lowest BCUT2D eigenvalue weighted by Crippen LogP contribution is -2.03. The van der Waals surface area contributed by atoms with E-state index in [2.05, 4.69) is 4.74 Å². The number of carbonyl (C=O) groups is 2. The van der Waals surface area contributed by atoms with E-state index in [1.165, 1.54) is 14.0 Å². The van der Waals surface area contributed by atoms with Crippen LogP contribution in [0.2, 0.25) is 0 Å². The quantitative estimate of drug-likeness (QED) is 0.683. The summed E-state index contributed by atoms with van der Waals surface area (Å²) in [6.07, 6.45) is 0.352. The van der Waals surface area contributed by atoms with Crippen LogP contribution in [-0.2, 0) is 16.0 Å². The van der Waals surface area contributed by atoms with Crippen molar-refractivity contribution in [1.29, 1.82) is 0 Å². The van der Waals surface area contributed by atoms with Crippen LogP contribution in [0, 0.1) is 0 Å². The second-order valence-electron chi connectivity index (χ2n) is 3.07. The predicted octanol–water partition coefficient (Wildman–Crippen LogP) is 1.60. The van der Waals surface area contributed by atoms with Gasteiger partial charge in [-0.25, -0.2) is 4.79 Å². The van der Waals surface area contributed by atoms with Gasteiger partial charge in [-0.05, 0) is 24.6 Å². The SMILES string of the molecule is COC(=O)c1cccc(CC(C)=O)c1. The third-order valence-corrected chi connectivity index (χ3v) is 1.80. The van der Waals surface area contributed by atoms with Gasteiger partial charge in [0.05, 0.1) is 12.7 Å². The zero-order valence-corrected chi connectivity index (χ0v) is 8.24. The van der Waals surface area contributed by atoms with Gasteiger partial charge in [0, 0.05) is 6.42 Å². The number of ketones is 1. The Morgan fingerprint density at radius 1 is 1.36 bits per heavy atom. The molecule has 0 saturated carbocycles. The van der Waals surface area contributed by atoms with E-state index in [1.54, 1.807) is 18.2 Å². The van der Waals surface area contributed by atoms with Crippen molar-refractivity contribution in [2.24, 2.45) is 0 Å². The van der Waals surface area contributed by atoms with Gasteiger partial charge in [0.2, 0.25) is 0 Å². The summed E-state index contributed by atoms with van der Waals surface area (Å²) in [5.41, 5.74) is 1.31. The van der Waals surface area contributed by atoms with E-state index in [4.69, 9.17) is 0 Å². The average Bonchev–Trinajstić information content (AvgIpc) is 2.16. The Hall–Kier alpha value is -1.64. The average molecular weight is 192 g/mol. The van der Waals surface area contributed by atoms with Crippen molar-refractivity contribution < 1.29 is 14.3 Å². The first kappa shape index (κ1) is 10.4. The van der Waals surface area contributed by atoms with Gasteiger partial charge in [0.1, 0.15) is 5.78 Å². The molecule has 0 unspecified atom stereocenters. The molecule has 0 bridgehead atoms. The van der Waals surface area contributed by atoms with Crippen LogP contribution in [0.3, 0.4) is 0 Å². The maximum Gasteiger partial charge on any atom is 0.337 e. The molecule has 0 N–H and O–H groups in total. The fourth-order valence-electron chi connectivity index (χ4n) is 1.21. The highest BCUT2D eigenvalue weighted by Crippen LogP contribution is 2.07. The number of esters is 1. The fraction of sp³-hybridized carbons (Fsp3) is 0.273. The zero-order valence-electron chi connectivity index (χ0n) is 8.24. The van der Waals surface area contributed by atoms with Gasteiger partial charge in [-0.1, -0.05) is 12.1 Å². The molecule has 0 saturated heterocycles. The minimum absolute atomic E-state index is 0.0759. The summed E-state index contributed by atoms with van der Waals surface area (Å²) < 4.78 is 4.57. The number of Topliss-reactive ketones (excluding diaryl/α,β-unsaturated/α-hetero) is 1. The maximum atomic E-state index is 11.1. The van der Waals surface area contributed by atoms with Gasteiger partial charge < -0.3 is 4.74 Å². The van der Waals surface area contributed by atoms with E-state index in [0.717, 1.165) is 5.56 Å². The summed E-state index contributed by atoms with van der Waals surface area (Å²) in [4.78, 5) is 22.0. The molecule has 0 aliphatic rings. The summed E-state index contributed by atoms with van der Waals surface area (Å²) in [6.45, 7) is 1.52. The largest absolute Gasteiger partial charge is 0.465 e. The zero-order chi connectivity index (χ0) is 10.6. The Morgan fingerprint density at radius 2 is 2.07 bits per heavy atom. The third kappa shape index (κ3) is 2.69. The normalized spacial score (nSPS) is 9.57. The Kier molecular flexibility index (Phi) is 3.40. The van der Waals surface area contributed by atoms with E-state index < -0.39 is 0 Å². The van der Waals surface area contributed by atoms with E-state index >= 15 is 0 Å². The summed E-state index contributed by atoms with van der Waals surface area (Å²) in [5.74, 6) is -0.303. The molecule has 0 aliphatic carbocycles. The number of benzene rings is 1. The number of rotatable bonds is 3. The van der Waals surface area contributed by atoms with Gasteiger partial charge in [-0.2, -0.15) is 0 Å². The van der Waals surface area contributed by atoms with Crippen molar-refractivity contribution in [1.82, 2.24) is 0 Å². The predicted molar refractivity (Wildman–Crippen MR) is 52.2 cm³/mol. The molecule has 0 amide bonds. The number of hydrogen-bond acceptors (Lipinski definition) is 3. The van der Waals surface area contributed by atoms with Crippen LogP contribution >= 0.6 is 0 Å². The van der Waals surface area contributed by atoms with Gasteiger partial charge in [0.15, 0.2) is 0 Å². The molecule has 0 spiro atoms. The summed E-state index contributed by atoms with van der Waals surface area (Å²) in [7, 11) is 1.33. The lowest BCUT2D eigenvalue weighted by molar-refractivity contribution is -0.116. The van der Waals surface area contributed by atoms with E-state index in [9.17, 15) is 9.59 Å². The minimum atomic E-state index is -0.379. The van der Waals surface area contributed by atoms with Crippen LogP contribution in [0.1, 0.15) is 22.8 Å². The van der Waals surface area contributed by atoms with Crippen molar-refractivity contribution in [2.75, 3.05) is 7.11 Å². The van der Waals surface area contributed by atoms with Gasteiger partial charge >= 0.3 is 5.97 Å². The molecule has 1 rings (SSSR count). The number of hydrogen-bond donors (Lipinski definition) is 0. The number of ether oxygens (including phenoxy) is 1. The highest BCUT2D eigenvalue weighted by atomic mass is 16.5. The molecule has 3 nitrogen and oxygen atoms in total. The molecule has 1 aromatic rings. The highest BCUT2D eigenvalue weighted by Gasteiger charge is 2.06. The van der Waals surface area contributed by atoms with E-state index in [-0.39, 0.29) is 11.8 Å². The molecule has 74 valence electrons. The Labute approximate surface area is 82.7 Å². The van der Waals surface area contributed by atoms with E-state index in [1.807, 2.05) is 6.07 Å². The molecule has 0 aromatic heterocycles. The smallest absolute Gasteiger partial charge is 0.337 e. The molecule has 3 heteroatoms. The molecular weight excluding hydrogens is 180 g/mol. The Bertz CT molecular complexity index is 355. The standard InChI is InChI=1S/C11H12O3/c1-8(12)6-9-4-3-5-10(7-9)11(13)14-2/h3-5,7H,6H2,1-2H3. The van der Waals surface area contributed by atoms with Crippen molar-refractivity contribution in [3.05, 3.63) is 35.4 Å². The Morgan fingerprint density at radius 3 is 2.64 bits per heavy atom. The molecule has 0 heterocycles. The van der Waals surface area contributed by atoms with Crippen molar-refractivity contribution in [2.45, 2.75) is 13.3 Å². The number of carbonyl (C=O) groups excluding carboxylic acids is 2. The molecular formula is C11H12O3. The van der Waals surface area contributed by atoms with E-state index in [0.29, 0.717) is 12.0 Å². The first-order valence-electron chi connectivity index (χ1n) is 4.30. The van der Waals surface area contributed by atoms with Crippen LogP contribution in [0.15, 0.2) is 24.3 Å². The molecule has 0 radical (unpaired) electrons. The molecule has 0 aliphatic heterocycles. The van der Waals surface area contributed by atoms with Crippen molar-refractivity contribution in [3.8, 4) is 0 Å².